The van der Waals surface area contributed by atoms with Crippen LogP contribution in [-0.4, -0.2) is 14.8 Å². The van der Waals surface area contributed by atoms with Crippen LogP contribution in [0.4, 0.5) is 0 Å². The Labute approximate surface area is 118 Å². The summed E-state index contributed by atoms with van der Waals surface area (Å²) in [6.45, 7) is 5.50. The van der Waals surface area contributed by atoms with Gasteiger partial charge in [-0.05, 0) is 23.6 Å². The Morgan fingerprint density at radius 3 is 2.70 bits per heavy atom. The Hall–Kier alpha value is -2.35. The van der Waals surface area contributed by atoms with E-state index < -0.39 is 0 Å². The van der Waals surface area contributed by atoms with Gasteiger partial charge in [0.25, 0.3) is 0 Å². The van der Waals surface area contributed by atoms with E-state index >= 15 is 0 Å². The normalized spacial score (nSPS) is 10.5. The molecule has 0 saturated heterocycles. The van der Waals surface area contributed by atoms with E-state index in [1.165, 1.54) is 0 Å². The minimum atomic E-state index is 0.393. The molecule has 1 aromatic carbocycles. The Morgan fingerprint density at radius 2 is 2.05 bits per heavy atom. The number of aromatic nitrogens is 3. The fourth-order valence-corrected chi connectivity index (χ4v) is 1.84. The zero-order valence-corrected chi connectivity index (χ0v) is 11.8. The molecule has 0 radical (unpaired) electrons. The van der Waals surface area contributed by atoms with Crippen LogP contribution in [0.1, 0.15) is 25.2 Å². The third-order valence-electron chi connectivity index (χ3n) is 2.81. The molecule has 5 nitrogen and oxygen atoms in total. The van der Waals surface area contributed by atoms with Crippen molar-refractivity contribution >= 4 is 0 Å². The van der Waals surface area contributed by atoms with Gasteiger partial charge < -0.3 is 4.74 Å². The molecule has 2 aromatic rings. The predicted octanol–water partition coefficient (Wildman–Crippen LogP) is 2.58. The Kier molecular flexibility index (Phi) is 4.72. The topological polar surface area (TPSA) is 63.7 Å². The molecule has 1 heterocycles. The molecular weight excluding hydrogens is 252 g/mol. The second-order valence-electron chi connectivity index (χ2n) is 5.02. The van der Waals surface area contributed by atoms with Crippen molar-refractivity contribution in [2.75, 3.05) is 0 Å². The highest BCUT2D eigenvalue weighted by Gasteiger charge is 2.07. The molecule has 0 unspecified atom stereocenters. The number of ether oxygens (including phenoxy) is 1. The molecular formula is C15H18N4O. The van der Waals surface area contributed by atoms with Crippen molar-refractivity contribution in [2.24, 2.45) is 5.92 Å². The Balaban J connectivity index is 1.95. The standard InChI is InChI=1S/C15H18N4O/c1-12(2)9-19-15(17-11-18-19)10-20-14-5-3-13(4-6-14)7-8-16/h3-6,11-12H,7,9-10H2,1-2H3. The van der Waals surface area contributed by atoms with Gasteiger partial charge in [-0.25, -0.2) is 9.67 Å². The zero-order chi connectivity index (χ0) is 14.4. The second-order valence-corrected chi connectivity index (χ2v) is 5.02. The largest absolute Gasteiger partial charge is 0.486 e. The smallest absolute Gasteiger partial charge is 0.164 e. The Bertz CT molecular complexity index is 581. The summed E-state index contributed by atoms with van der Waals surface area (Å²) in [6.07, 6.45) is 1.97. The molecule has 0 aliphatic carbocycles. The second kappa shape index (κ2) is 6.71. The minimum absolute atomic E-state index is 0.393. The van der Waals surface area contributed by atoms with Crippen LogP contribution >= 0.6 is 0 Å². The summed E-state index contributed by atoms with van der Waals surface area (Å²) in [5.74, 6) is 2.10. The summed E-state index contributed by atoms with van der Waals surface area (Å²) < 4.78 is 7.57. The van der Waals surface area contributed by atoms with Crippen molar-refractivity contribution < 1.29 is 4.74 Å². The van der Waals surface area contributed by atoms with E-state index in [-0.39, 0.29) is 0 Å². The number of hydrogen-bond donors (Lipinski definition) is 0. The molecule has 104 valence electrons. The van der Waals surface area contributed by atoms with Crippen molar-refractivity contribution in [2.45, 2.75) is 33.4 Å². The number of rotatable bonds is 6. The lowest BCUT2D eigenvalue weighted by Crippen LogP contribution is -2.12. The van der Waals surface area contributed by atoms with Crippen LogP contribution in [0.25, 0.3) is 0 Å². The fraction of sp³-hybridized carbons (Fsp3) is 0.400. The predicted molar refractivity (Wildman–Crippen MR) is 75.0 cm³/mol. The molecule has 1 aromatic heterocycles. The van der Waals surface area contributed by atoms with Crippen LogP contribution in [0.2, 0.25) is 0 Å². The van der Waals surface area contributed by atoms with Crippen molar-refractivity contribution in [3.63, 3.8) is 0 Å². The van der Waals surface area contributed by atoms with Crippen LogP contribution in [-0.2, 0) is 19.6 Å². The van der Waals surface area contributed by atoms with Gasteiger partial charge in [-0.2, -0.15) is 10.4 Å². The third kappa shape index (κ3) is 3.82. The highest BCUT2D eigenvalue weighted by molar-refractivity contribution is 5.28. The van der Waals surface area contributed by atoms with E-state index in [4.69, 9.17) is 10.00 Å². The van der Waals surface area contributed by atoms with Gasteiger partial charge in [0.15, 0.2) is 5.82 Å². The molecule has 0 atom stereocenters. The molecule has 0 N–H and O–H groups in total. The van der Waals surface area contributed by atoms with E-state index in [1.807, 2.05) is 28.9 Å². The minimum Gasteiger partial charge on any atom is -0.486 e. The van der Waals surface area contributed by atoms with Crippen molar-refractivity contribution in [3.05, 3.63) is 42.0 Å². The number of nitriles is 1. The molecule has 2 rings (SSSR count). The van der Waals surface area contributed by atoms with Crippen LogP contribution in [0.15, 0.2) is 30.6 Å². The van der Waals surface area contributed by atoms with Gasteiger partial charge in [0, 0.05) is 6.54 Å². The highest BCUT2D eigenvalue weighted by atomic mass is 16.5. The average molecular weight is 270 g/mol. The molecule has 0 spiro atoms. The summed E-state index contributed by atoms with van der Waals surface area (Å²) in [4.78, 5) is 4.22. The molecule has 0 aliphatic heterocycles. The summed E-state index contributed by atoms with van der Waals surface area (Å²) in [5.41, 5.74) is 0.989. The highest BCUT2D eigenvalue weighted by Crippen LogP contribution is 2.14. The lowest BCUT2D eigenvalue weighted by molar-refractivity contribution is 0.282. The average Bonchev–Trinajstić information content (AvgIpc) is 2.85. The van der Waals surface area contributed by atoms with Gasteiger partial charge in [0.1, 0.15) is 18.7 Å². The van der Waals surface area contributed by atoms with Crippen LogP contribution in [0.5, 0.6) is 5.75 Å². The molecule has 0 fully saturated rings. The molecule has 0 aliphatic rings. The summed E-state index contributed by atoms with van der Waals surface area (Å²) in [7, 11) is 0. The molecule has 0 saturated carbocycles. The first kappa shape index (κ1) is 14.1. The van der Waals surface area contributed by atoms with Crippen LogP contribution in [0.3, 0.4) is 0 Å². The third-order valence-corrected chi connectivity index (χ3v) is 2.81. The first-order valence-corrected chi connectivity index (χ1v) is 6.64. The van der Waals surface area contributed by atoms with E-state index in [0.29, 0.717) is 18.9 Å². The van der Waals surface area contributed by atoms with Crippen molar-refractivity contribution in [1.29, 1.82) is 5.26 Å². The van der Waals surface area contributed by atoms with Gasteiger partial charge in [0.05, 0.1) is 12.5 Å². The molecule has 20 heavy (non-hydrogen) atoms. The van der Waals surface area contributed by atoms with E-state index in [2.05, 4.69) is 30.0 Å². The van der Waals surface area contributed by atoms with Gasteiger partial charge >= 0.3 is 0 Å². The van der Waals surface area contributed by atoms with E-state index in [9.17, 15) is 0 Å². The first-order chi connectivity index (χ1) is 9.69. The molecule has 5 heteroatoms. The zero-order valence-electron chi connectivity index (χ0n) is 11.8. The van der Waals surface area contributed by atoms with Gasteiger partial charge in [0.2, 0.25) is 0 Å². The maximum Gasteiger partial charge on any atom is 0.164 e. The van der Waals surface area contributed by atoms with Gasteiger partial charge in [-0.15, -0.1) is 0 Å². The Morgan fingerprint density at radius 1 is 1.30 bits per heavy atom. The van der Waals surface area contributed by atoms with Gasteiger partial charge in [-0.3, -0.25) is 0 Å². The maximum absolute atomic E-state index is 8.62. The first-order valence-electron chi connectivity index (χ1n) is 6.64. The lowest BCUT2D eigenvalue weighted by Gasteiger charge is -2.10. The SMILES string of the molecule is CC(C)Cn1ncnc1COc1ccc(CC#N)cc1. The number of nitrogens with zero attached hydrogens (tertiary/aromatic N) is 4. The van der Waals surface area contributed by atoms with E-state index in [1.54, 1.807) is 6.33 Å². The number of hydrogen-bond acceptors (Lipinski definition) is 4. The fourth-order valence-electron chi connectivity index (χ4n) is 1.84. The lowest BCUT2D eigenvalue weighted by atomic mass is 10.2. The maximum atomic E-state index is 8.62. The summed E-state index contributed by atoms with van der Waals surface area (Å²) >= 11 is 0. The van der Waals surface area contributed by atoms with Crippen LogP contribution < -0.4 is 4.74 Å². The van der Waals surface area contributed by atoms with Crippen molar-refractivity contribution in [3.8, 4) is 11.8 Å². The van der Waals surface area contributed by atoms with Gasteiger partial charge in [-0.1, -0.05) is 26.0 Å². The monoisotopic (exact) mass is 270 g/mol. The van der Waals surface area contributed by atoms with Crippen molar-refractivity contribution in [1.82, 2.24) is 14.8 Å². The quantitative estimate of drug-likeness (QED) is 0.809. The van der Waals surface area contributed by atoms with E-state index in [0.717, 1.165) is 23.7 Å². The van der Waals surface area contributed by atoms with Crippen LogP contribution in [0, 0.1) is 17.2 Å². The summed E-state index contributed by atoms with van der Waals surface area (Å²) in [5, 5.41) is 12.8. The summed E-state index contributed by atoms with van der Waals surface area (Å²) in [6, 6.07) is 9.66. The number of benzene rings is 1. The molecule has 0 bridgehead atoms. The molecule has 0 amide bonds.